The smallest absolute Gasteiger partial charge is 0.204 e. The van der Waals surface area contributed by atoms with Crippen LogP contribution in [0.5, 0.6) is 5.75 Å². The van der Waals surface area contributed by atoms with E-state index in [1.807, 2.05) is 0 Å². The van der Waals surface area contributed by atoms with Gasteiger partial charge in [-0.15, -0.1) is 0 Å². The van der Waals surface area contributed by atoms with E-state index in [1.165, 1.54) is 25.6 Å². The highest BCUT2D eigenvalue weighted by Gasteiger charge is 2.11. The molecule has 0 aliphatic rings. The SMILES string of the molecule is CNc1ncnc(Nc2cccc(F)c2)c1OC. The van der Waals surface area contributed by atoms with Crippen LogP contribution in [0.3, 0.4) is 0 Å². The molecule has 0 atom stereocenters. The highest BCUT2D eigenvalue weighted by molar-refractivity contribution is 5.69. The molecule has 0 bridgehead atoms. The van der Waals surface area contributed by atoms with Crippen molar-refractivity contribution in [3.63, 3.8) is 0 Å². The van der Waals surface area contributed by atoms with Gasteiger partial charge in [0.1, 0.15) is 12.1 Å². The summed E-state index contributed by atoms with van der Waals surface area (Å²) in [4.78, 5) is 8.10. The molecule has 0 spiro atoms. The van der Waals surface area contributed by atoms with E-state index in [-0.39, 0.29) is 5.82 Å². The van der Waals surface area contributed by atoms with Gasteiger partial charge in [0.25, 0.3) is 0 Å². The van der Waals surface area contributed by atoms with Gasteiger partial charge in [-0.25, -0.2) is 14.4 Å². The molecule has 0 radical (unpaired) electrons. The lowest BCUT2D eigenvalue weighted by Crippen LogP contribution is -2.03. The van der Waals surface area contributed by atoms with Gasteiger partial charge in [-0.3, -0.25) is 0 Å². The van der Waals surface area contributed by atoms with Crippen molar-refractivity contribution in [3.8, 4) is 5.75 Å². The van der Waals surface area contributed by atoms with Crippen molar-refractivity contribution < 1.29 is 9.13 Å². The van der Waals surface area contributed by atoms with Gasteiger partial charge < -0.3 is 15.4 Å². The molecular weight excluding hydrogens is 235 g/mol. The van der Waals surface area contributed by atoms with E-state index in [4.69, 9.17) is 4.74 Å². The monoisotopic (exact) mass is 248 g/mol. The molecule has 1 aromatic heterocycles. The van der Waals surface area contributed by atoms with Crippen LogP contribution in [-0.2, 0) is 0 Å². The largest absolute Gasteiger partial charge is 0.490 e. The molecule has 0 aliphatic heterocycles. The lowest BCUT2D eigenvalue weighted by Gasteiger charge is -2.12. The maximum absolute atomic E-state index is 13.1. The first-order valence-corrected chi connectivity index (χ1v) is 5.34. The fraction of sp³-hybridized carbons (Fsp3) is 0.167. The summed E-state index contributed by atoms with van der Waals surface area (Å²) >= 11 is 0. The third-order valence-electron chi connectivity index (χ3n) is 2.33. The van der Waals surface area contributed by atoms with Crippen LogP contribution < -0.4 is 15.4 Å². The van der Waals surface area contributed by atoms with Crippen molar-refractivity contribution in [2.45, 2.75) is 0 Å². The van der Waals surface area contributed by atoms with Gasteiger partial charge in [0, 0.05) is 12.7 Å². The van der Waals surface area contributed by atoms with Crippen LogP contribution in [0.2, 0.25) is 0 Å². The summed E-state index contributed by atoms with van der Waals surface area (Å²) in [7, 11) is 3.26. The van der Waals surface area contributed by atoms with Gasteiger partial charge in [-0.05, 0) is 18.2 Å². The maximum atomic E-state index is 13.1. The predicted molar refractivity (Wildman–Crippen MR) is 67.8 cm³/mol. The van der Waals surface area contributed by atoms with E-state index >= 15 is 0 Å². The third-order valence-corrected chi connectivity index (χ3v) is 2.33. The number of ether oxygens (including phenoxy) is 1. The zero-order valence-electron chi connectivity index (χ0n) is 10.1. The lowest BCUT2D eigenvalue weighted by molar-refractivity contribution is 0.415. The van der Waals surface area contributed by atoms with Crippen LogP contribution in [0.15, 0.2) is 30.6 Å². The normalized spacial score (nSPS) is 9.94. The van der Waals surface area contributed by atoms with Crippen LogP contribution in [0.4, 0.5) is 21.7 Å². The van der Waals surface area contributed by atoms with Crippen molar-refractivity contribution >= 4 is 17.3 Å². The molecule has 94 valence electrons. The number of anilines is 3. The van der Waals surface area contributed by atoms with Crippen LogP contribution in [0, 0.1) is 5.82 Å². The number of nitrogens with one attached hydrogen (secondary N) is 2. The van der Waals surface area contributed by atoms with Crippen molar-refractivity contribution in [2.75, 3.05) is 24.8 Å². The molecule has 0 fully saturated rings. The minimum Gasteiger partial charge on any atom is -0.490 e. The van der Waals surface area contributed by atoms with Crippen molar-refractivity contribution in [3.05, 3.63) is 36.4 Å². The molecule has 2 N–H and O–H groups in total. The second-order valence-electron chi connectivity index (χ2n) is 3.49. The molecule has 0 amide bonds. The average molecular weight is 248 g/mol. The Hall–Kier alpha value is -2.37. The molecule has 2 aromatic rings. The quantitative estimate of drug-likeness (QED) is 0.870. The van der Waals surface area contributed by atoms with Gasteiger partial charge in [-0.1, -0.05) is 6.07 Å². The van der Waals surface area contributed by atoms with Crippen LogP contribution >= 0.6 is 0 Å². The highest BCUT2D eigenvalue weighted by atomic mass is 19.1. The second-order valence-corrected chi connectivity index (χ2v) is 3.49. The highest BCUT2D eigenvalue weighted by Crippen LogP contribution is 2.30. The summed E-state index contributed by atoms with van der Waals surface area (Å²) in [5.41, 5.74) is 0.592. The Labute approximate surface area is 104 Å². The molecule has 1 aromatic carbocycles. The standard InChI is InChI=1S/C12H13FN4O/c1-14-11-10(18-2)12(16-7-15-11)17-9-5-3-4-8(13)6-9/h3-7H,1-2H3,(H2,14,15,16,17). The molecule has 1 heterocycles. The third kappa shape index (κ3) is 2.48. The topological polar surface area (TPSA) is 59.1 Å². The fourth-order valence-corrected chi connectivity index (χ4v) is 1.54. The average Bonchev–Trinajstić information content (AvgIpc) is 2.38. The first-order chi connectivity index (χ1) is 8.74. The Morgan fingerprint density at radius 3 is 2.67 bits per heavy atom. The Bertz CT molecular complexity index is 547. The van der Waals surface area contributed by atoms with Gasteiger partial charge >= 0.3 is 0 Å². The lowest BCUT2D eigenvalue weighted by atomic mass is 10.3. The number of hydrogen-bond acceptors (Lipinski definition) is 5. The summed E-state index contributed by atoms with van der Waals surface area (Å²) in [5.74, 6) is 1.19. The van der Waals surface area contributed by atoms with Crippen LogP contribution in [0.25, 0.3) is 0 Å². The molecular formula is C12H13FN4O. The Kier molecular flexibility index (Phi) is 3.57. The molecule has 0 unspecified atom stereocenters. The molecule has 2 rings (SSSR count). The summed E-state index contributed by atoms with van der Waals surface area (Å²) < 4.78 is 18.3. The molecule has 5 nitrogen and oxygen atoms in total. The predicted octanol–water partition coefficient (Wildman–Crippen LogP) is 2.41. The Morgan fingerprint density at radius 2 is 2.00 bits per heavy atom. The summed E-state index contributed by atoms with van der Waals surface area (Å²) in [6.45, 7) is 0. The van der Waals surface area contributed by atoms with Gasteiger partial charge in [-0.2, -0.15) is 0 Å². The first-order valence-electron chi connectivity index (χ1n) is 5.34. The molecule has 6 heteroatoms. The van der Waals surface area contributed by atoms with E-state index in [2.05, 4.69) is 20.6 Å². The van der Waals surface area contributed by atoms with Crippen LogP contribution in [-0.4, -0.2) is 24.1 Å². The number of methoxy groups -OCH3 is 1. The summed E-state index contributed by atoms with van der Waals surface area (Å²) in [6.07, 6.45) is 1.40. The van der Waals surface area contributed by atoms with E-state index in [9.17, 15) is 4.39 Å². The number of nitrogens with zero attached hydrogens (tertiary/aromatic N) is 2. The van der Waals surface area contributed by atoms with Gasteiger partial charge in [0.05, 0.1) is 7.11 Å². The van der Waals surface area contributed by atoms with Crippen molar-refractivity contribution in [1.29, 1.82) is 0 Å². The number of aromatic nitrogens is 2. The summed E-state index contributed by atoms with van der Waals surface area (Å²) in [5, 5.41) is 5.88. The molecule has 0 aliphatic carbocycles. The van der Waals surface area contributed by atoms with Crippen LogP contribution in [0.1, 0.15) is 0 Å². The van der Waals surface area contributed by atoms with Gasteiger partial charge in [0.2, 0.25) is 5.75 Å². The Balaban J connectivity index is 2.34. The Morgan fingerprint density at radius 1 is 1.22 bits per heavy atom. The number of halogens is 1. The van der Waals surface area contributed by atoms with Crippen molar-refractivity contribution in [1.82, 2.24) is 9.97 Å². The molecule has 0 saturated heterocycles. The number of hydrogen-bond donors (Lipinski definition) is 2. The zero-order chi connectivity index (χ0) is 13.0. The number of benzene rings is 1. The zero-order valence-corrected chi connectivity index (χ0v) is 10.1. The minimum atomic E-state index is -0.318. The second kappa shape index (κ2) is 5.31. The number of rotatable bonds is 4. The van der Waals surface area contributed by atoms with E-state index in [1.54, 1.807) is 19.2 Å². The van der Waals surface area contributed by atoms with E-state index < -0.39 is 0 Å². The molecule has 0 saturated carbocycles. The fourth-order valence-electron chi connectivity index (χ4n) is 1.54. The summed E-state index contributed by atoms with van der Waals surface area (Å²) in [6, 6.07) is 6.11. The first kappa shape index (κ1) is 12.1. The van der Waals surface area contributed by atoms with E-state index in [0.717, 1.165) is 0 Å². The maximum Gasteiger partial charge on any atom is 0.204 e. The van der Waals surface area contributed by atoms with Crippen molar-refractivity contribution in [2.24, 2.45) is 0 Å². The minimum absolute atomic E-state index is 0.318. The molecule has 18 heavy (non-hydrogen) atoms. The van der Waals surface area contributed by atoms with E-state index in [0.29, 0.717) is 23.1 Å². The van der Waals surface area contributed by atoms with Gasteiger partial charge in [0.15, 0.2) is 11.6 Å².